The van der Waals surface area contributed by atoms with E-state index in [1.165, 1.54) is 0 Å². The van der Waals surface area contributed by atoms with Gasteiger partial charge in [-0.3, -0.25) is 0 Å². The molecule has 0 radical (unpaired) electrons. The fraction of sp³-hybridized carbons (Fsp3) is 0.444. The summed E-state index contributed by atoms with van der Waals surface area (Å²) in [7, 11) is -0.505. The molecule has 7 heteroatoms. The van der Waals surface area contributed by atoms with Crippen LogP contribution in [-0.4, -0.2) is 11.0 Å². The second-order valence-corrected chi connectivity index (χ2v) is 3.36. The van der Waals surface area contributed by atoms with Crippen molar-refractivity contribution in [1.82, 2.24) is 4.98 Å². The monoisotopic (exact) mass is 242 g/mol. The molecule has 2 N–H and O–H groups in total. The Morgan fingerprint density at radius 1 is 1.69 bits per heavy atom. The topological polar surface area (TPSA) is 95.4 Å². The van der Waals surface area contributed by atoms with Gasteiger partial charge in [0.1, 0.15) is 0 Å². The van der Waals surface area contributed by atoms with Crippen molar-refractivity contribution in [3.8, 4) is 5.81 Å². The van der Waals surface area contributed by atoms with Gasteiger partial charge in [-0.25, -0.2) is 0 Å². The minimum absolute atomic E-state index is 0.0158. The number of ether oxygens (including phenoxy) is 1. The quantitative estimate of drug-likeness (QED) is 0.640. The van der Waals surface area contributed by atoms with Crippen molar-refractivity contribution < 1.29 is 18.5 Å². The number of aryl methyl sites for hydroxylation is 1. The van der Waals surface area contributed by atoms with Gasteiger partial charge in [-0.15, -0.1) is 0 Å². The average Bonchev–Trinajstić information content (AvgIpc) is 2.64. The summed E-state index contributed by atoms with van der Waals surface area (Å²) in [5, 5.41) is 0. The second-order valence-electron chi connectivity index (χ2n) is 3.00. The summed E-state index contributed by atoms with van der Waals surface area (Å²) in [6.07, 6.45) is 2.36. The van der Waals surface area contributed by atoms with Crippen LogP contribution in [0.1, 0.15) is 36.0 Å². The molecular weight excluding hydrogens is 231 g/mol. The molecule has 6 nitrogen and oxygen atoms in total. The third-order valence-corrected chi connectivity index (χ3v) is 2.01. The third kappa shape index (κ3) is 3.26. The Hall–Kier alpha value is -1.51. The summed E-state index contributed by atoms with van der Waals surface area (Å²) in [6.45, 7) is 2.01. The predicted molar refractivity (Wildman–Crippen MR) is 56.4 cm³/mol. The first-order valence-corrected chi connectivity index (χ1v) is 5.54. The van der Waals surface area contributed by atoms with Crippen LogP contribution in [0.25, 0.3) is 0 Å². The predicted octanol–water partition coefficient (Wildman–Crippen LogP) is 1.96. The van der Waals surface area contributed by atoms with Gasteiger partial charge in [0.15, 0.2) is 0 Å². The molecule has 0 bridgehead atoms. The molecule has 1 aromatic heterocycles. The Morgan fingerprint density at radius 2 is 2.44 bits per heavy atom. The summed E-state index contributed by atoms with van der Waals surface area (Å²) in [5.41, 5.74) is 5.36. The molecule has 0 saturated carbocycles. The first kappa shape index (κ1) is 12.6. The molecule has 0 aliphatic carbocycles. The maximum atomic E-state index is 11.4. The number of anilines is 1. The molecule has 0 aromatic carbocycles. The summed E-state index contributed by atoms with van der Waals surface area (Å²) in [4.78, 5) is 15.1. The Bertz CT molecular complexity index is 477. The number of carbonyl (C=O) groups is 1. The van der Waals surface area contributed by atoms with Crippen LogP contribution in [0, 0.1) is 5.81 Å². The fourth-order valence-electron chi connectivity index (χ4n) is 1.14. The average molecular weight is 242 g/mol. The minimum atomic E-state index is -0.769. The maximum absolute atomic E-state index is 11.4. The van der Waals surface area contributed by atoms with Crippen LogP contribution < -0.4 is 5.73 Å². The van der Waals surface area contributed by atoms with E-state index in [1.807, 2.05) is 12.7 Å². The van der Waals surface area contributed by atoms with Gasteiger partial charge in [-0.1, -0.05) is 0 Å². The zero-order chi connectivity index (χ0) is 12.0. The van der Waals surface area contributed by atoms with Crippen LogP contribution in [0.3, 0.4) is 0 Å². The number of esters is 1. The molecule has 0 aliphatic rings. The second kappa shape index (κ2) is 6.16. The standard InChI is InChI=1S/C9H11N2O4P/c1-2-3-4-6-7(11-9(10)15-6)8(12)14-5-16-13/h2-4H2,1H3,(H2,10,11). The first-order valence-electron chi connectivity index (χ1n) is 4.72. The van der Waals surface area contributed by atoms with Crippen molar-refractivity contribution in [2.75, 3.05) is 5.73 Å². The molecule has 16 heavy (non-hydrogen) atoms. The zero-order valence-electron chi connectivity index (χ0n) is 8.73. The van der Waals surface area contributed by atoms with E-state index < -0.39 is 13.9 Å². The SMILES string of the molecule is CCCCc1oc(N)nc1C(=O)OC#P=O. The van der Waals surface area contributed by atoms with E-state index in [-0.39, 0.29) is 11.7 Å². The number of unbranched alkanes of at least 4 members (excludes halogenated alkanes) is 1. The van der Waals surface area contributed by atoms with Crippen LogP contribution in [-0.2, 0) is 15.7 Å². The Morgan fingerprint density at radius 3 is 3.06 bits per heavy atom. The number of hydrogen-bond acceptors (Lipinski definition) is 6. The Kier molecular flexibility index (Phi) is 4.83. The summed E-state index contributed by atoms with van der Waals surface area (Å²) in [5.74, 6) is 1.50. The van der Waals surface area contributed by atoms with E-state index >= 15 is 0 Å². The van der Waals surface area contributed by atoms with Gasteiger partial charge in [0, 0.05) is 0 Å². The van der Waals surface area contributed by atoms with Crippen molar-refractivity contribution >= 4 is 19.9 Å². The van der Waals surface area contributed by atoms with Gasteiger partial charge < -0.3 is 0 Å². The zero-order valence-corrected chi connectivity index (χ0v) is 9.62. The molecule has 0 atom stereocenters. The number of nitrogens with two attached hydrogens (primary N) is 1. The van der Waals surface area contributed by atoms with Gasteiger partial charge in [0.05, 0.1) is 0 Å². The Labute approximate surface area is 93.3 Å². The van der Waals surface area contributed by atoms with Crippen molar-refractivity contribution in [1.29, 1.82) is 0 Å². The van der Waals surface area contributed by atoms with E-state index in [0.717, 1.165) is 12.8 Å². The van der Waals surface area contributed by atoms with Gasteiger partial charge in [-0.2, -0.15) is 0 Å². The number of aromatic nitrogens is 1. The van der Waals surface area contributed by atoms with Crippen molar-refractivity contribution in [2.24, 2.45) is 0 Å². The number of oxazole rings is 1. The number of nitrogen functional groups attached to an aromatic ring is 1. The van der Waals surface area contributed by atoms with Crippen LogP contribution in [0.5, 0.6) is 0 Å². The number of hydrogen-bond donors (Lipinski definition) is 1. The van der Waals surface area contributed by atoms with E-state index in [1.54, 1.807) is 0 Å². The molecular formula is C9H11N2O4P. The van der Waals surface area contributed by atoms with Crippen LogP contribution >= 0.6 is 7.92 Å². The van der Waals surface area contributed by atoms with Crippen LogP contribution in [0.2, 0.25) is 0 Å². The number of rotatable bonds is 4. The molecule has 0 fully saturated rings. The van der Waals surface area contributed by atoms with Gasteiger partial charge >= 0.3 is 92.6 Å². The molecule has 86 valence electrons. The van der Waals surface area contributed by atoms with Gasteiger partial charge in [-0.05, 0) is 0 Å². The van der Waals surface area contributed by atoms with Gasteiger partial charge in [0.25, 0.3) is 0 Å². The fourth-order valence-corrected chi connectivity index (χ4v) is 1.26. The number of nitrogens with zero attached hydrogens (tertiary/aromatic N) is 1. The molecule has 0 aliphatic heterocycles. The van der Waals surface area contributed by atoms with Gasteiger partial charge in [0.2, 0.25) is 0 Å². The molecule has 1 rings (SSSR count). The molecule has 0 amide bonds. The molecule has 1 aromatic rings. The normalized spacial score (nSPS) is 9.56. The van der Waals surface area contributed by atoms with Crippen molar-refractivity contribution in [3.05, 3.63) is 11.5 Å². The molecule has 1 heterocycles. The van der Waals surface area contributed by atoms with Crippen LogP contribution in [0.4, 0.5) is 6.01 Å². The summed E-state index contributed by atoms with van der Waals surface area (Å²) >= 11 is 0. The summed E-state index contributed by atoms with van der Waals surface area (Å²) < 4.78 is 19.5. The summed E-state index contributed by atoms with van der Waals surface area (Å²) in [6, 6.07) is -0.0854. The number of carbonyl (C=O) groups excluding carboxylic acids is 1. The van der Waals surface area contributed by atoms with E-state index in [0.29, 0.717) is 12.2 Å². The molecule has 0 unspecified atom stereocenters. The molecule has 0 saturated heterocycles. The van der Waals surface area contributed by atoms with E-state index in [4.69, 9.17) is 10.2 Å². The third-order valence-electron chi connectivity index (χ3n) is 1.84. The molecule has 0 spiro atoms. The van der Waals surface area contributed by atoms with Crippen molar-refractivity contribution in [3.63, 3.8) is 0 Å². The first-order chi connectivity index (χ1) is 7.69. The van der Waals surface area contributed by atoms with E-state index in [9.17, 15) is 9.36 Å². The van der Waals surface area contributed by atoms with Crippen molar-refractivity contribution in [2.45, 2.75) is 26.2 Å². The van der Waals surface area contributed by atoms with E-state index in [2.05, 4.69) is 9.72 Å². The van der Waals surface area contributed by atoms with Crippen LogP contribution in [0.15, 0.2) is 4.42 Å². The Balaban J connectivity index is 2.87.